The zero-order valence-corrected chi connectivity index (χ0v) is 10.6. The van der Waals surface area contributed by atoms with Gasteiger partial charge < -0.3 is 10.1 Å². The summed E-state index contributed by atoms with van der Waals surface area (Å²) in [7, 11) is 1.48. The fourth-order valence-corrected chi connectivity index (χ4v) is 3.17. The summed E-state index contributed by atoms with van der Waals surface area (Å²) >= 11 is 0. The normalized spacial score (nSPS) is 30.6. The lowest BCUT2D eigenvalue weighted by atomic mass is 9.98. The van der Waals surface area contributed by atoms with E-state index in [9.17, 15) is 4.79 Å². The predicted octanol–water partition coefficient (Wildman–Crippen LogP) is 0.776. The average molecular weight is 246 g/mol. The van der Waals surface area contributed by atoms with Crippen LogP contribution >= 0.6 is 0 Å². The number of ether oxygens (including phenoxy) is 1. The molecule has 1 aromatic rings. The van der Waals surface area contributed by atoms with Gasteiger partial charge in [0.15, 0.2) is 0 Å². The molecule has 1 aromatic carbocycles. The third-order valence-electron chi connectivity index (χ3n) is 4.09. The highest BCUT2D eigenvalue weighted by molar-refractivity contribution is 5.82. The first-order chi connectivity index (χ1) is 8.74. The molecule has 96 valence electrons. The van der Waals surface area contributed by atoms with E-state index in [0.717, 1.165) is 19.5 Å². The lowest BCUT2D eigenvalue weighted by molar-refractivity contribution is -0.153. The van der Waals surface area contributed by atoms with Crippen molar-refractivity contribution in [3.05, 3.63) is 35.9 Å². The van der Waals surface area contributed by atoms with E-state index in [4.69, 9.17) is 4.74 Å². The fourth-order valence-electron chi connectivity index (χ4n) is 3.17. The molecule has 2 unspecified atom stereocenters. The standard InChI is InChI=1S/C14H18N2O2/c1-18-13(17)14-7-12(15-10-14)9-16(14)8-11-5-3-2-4-6-11/h2-6,12,15H,7-10H2,1H3. The third kappa shape index (κ3) is 1.72. The minimum Gasteiger partial charge on any atom is -0.468 e. The van der Waals surface area contributed by atoms with Crippen molar-refractivity contribution >= 4 is 5.97 Å². The summed E-state index contributed by atoms with van der Waals surface area (Å²) in [6.07, 6.45) is 0.868. The molecular weight excluding hydrogens is 228 g/mol. The Balaban J connectivity index is 1.82. The van der Waals surface area contributed by atoms with Crippen LogP contribution in [0.2, 0.25) is 0 Å². The lowest BCUT2D eigenvalue weighted by Crippen LogP contribution is -2.57. The summed E-state index contributed by atoms with van der Waals surface area (Å²) < 4.78 is 5.00. The van der Waals surface area contributed by atoms with E-state index in [1.165, 1.54) is 12.7 Å². The molecular formula is C14H18N2O2. The summed E-state index contributed by atoms with van der Waals surface area (Å²) in [5.74, 6) is -0.106. The van der Waals surface area contributed by atoms with Crippen molar-refractivity contribution in [1.82, 2.24) is 10.2 Å². The van der Waals surface area contributed by atoms with Crippen molar-refractivity contribution in [2.24, 2.45) is 0 Å². The molecule has 1 N–H and O–H groups in total. The highest BCUT2D eigenvalue weighted by atomic mass is 16.5. The fraction of sp³-hybridized carbons (Fsp3) is 0.500. The summed E-state index contributed by atoms with van der Waals surface area (Å²) in [6, 6.07) is 10.7. The average Bonchev–Trinajstić information content (AvgIpc) is 2.98. The molecule has 3 rings (SSSR count). The number of carbonyl (C=O) groups excluding carboxylic acids is 1. The number of nitrogens with zero attached hydrogens (tertiary/aromatic N) is 1. The van der Waals surface area contributed by atoms with Crippen LogP contribution in [0.15, 0.2) is 30.3 Å². The minimum absolute atomic E-state index is 0.106. The van der Waals surface area contributed by atoms with Crippen molar-refractivity contribution in [3.63, 3.8) is 0 Å². The monoisotopic (exact) mass is 246 g/mol. The maximum Gasteiger partial charge on any atom is 0.327 e. The number of carbonyl (C=O) groups is 1. The van der Waals surface area contributed by atoms with E-state index in [0.29, 0.717) is 12.6 Å². The van der Waals surface area contributed by atoms with Gasteiger partial charge in [-0.05, 0) is 12.0 Å². The number of rotatable bonds is 3. The minimum atomic E-state index is -0.449. The van der Waals surface area contributed by atoms with Crippen molar-refractivity contribution in [3.8, 4) is 0 Å². The Hall–Kier alpha value is -1.39. The smallest absolute Gasteiger partial charge is 0.327 e. The number of hydrogen-bond acceptors (Lipinski definition) is 4. The van der Waals surface area contributed by atoms with Crippen LogP contribution in [-0.2, 0) is 16.1 Å². The lowest BCUT2D eigenvalue weighted by Gasteiger charge is -2.36. The van der Waals surface area contributed by atoms with Crippen LogP contribution in [-0.4, -0.2) is 42.6 Å². The molecule has 0 amide bonds. The van der Waals surface area contributed by atoms with Gasteiger partial charge in [-0.15, -0.1) is 0 Å². The van der Waals surface area contributed by atoms with Crippen molar-refractivity contribution in [2.45, 2.75) is 24.5 Å². The molecule has 0 saturated carbocycles. The number of piperazine rings is 1. The van der Waals surface area contributed by atoms with E-state index in [1.54, 1.807) is 0 Å². The van der Waals surface area contributed by atoms with Crippen LogP contribution < -0.4 is 5.32 Å². The predicted molar refractivity (Wildman–Crippen MR) is 68.0 cm³/mol. The molecule has 0 spiro atoms. The first kappa shape index (κ1) is 11.7. The first-order valence-electron chi connectivity index (χ1n) is 6.35. The molecule has 0 aromatic heterocycles. The molecule has 2 fully saturated rings. The molecule has 2 aliphatic rings. The van der Waals surface area contributed by atoms with Gasteiger partial charge in [-0.1, -0.05) is 30.3 Å². The Morgan fingerprint density at radius 3 is 2.94 bits per heavy atom. The number of benzene rings is 1. The Morgan fingerprint density at radius 1 is 1.50 bits per heavy atom. The van der Waals surface area contributed by atoms with Crippen molar-refractivity contribution in [2.75, 3.05) is 20.2 Å². The highest BCUT2D eigenvalue weighted by Crippen LogP contribution is 2.36. The maximum atomic E-state index is 12.1. The molecule has 4 nitrogen and oxygen atoms in total. The Morgan fingerprint density at radius 2 is 2.28 bits per heavy atom. The molecule has 4 heteroatoms. The van der Waals surface area contributed by atoms with Gasteiger partial charge >= 0.3 is 5.97 Å². The maximum absolute atomic E-state index is 12.1. The highest BCUT2D eigenvalue weighted by Gasteiger charge is 2.56. The van der Waals surface area contributed by atoms with E-state index in [-0.39, 0.29) is 5.97 Å². The molecule has 0 aliphatic carbocycles. The van der Waals surface area contributed by atoms with Gasteiger partial charge in [0, 0.05) is 25.7 Å². The Kier molecular flexibility index (Phi) is 2.84. The second-order valence-electron chi connectivity index (χ2n) is 5.17. The summed E-state index contributed by atoms with van der Waals surface area (Å²) in [5.41, 5.74) is 0.795. The van der Waals surface area contributed by atoms with Gasteiger partial charge in [0.25, 0.3) is 0 Å². The van der Waals surface area contributed by atoms with E-state index < -0.39 is 5.54 Å². The molecule has 0 radical (unpaired) electrons. The van der Waals surface area contributed by atoms with Crippen LogP contribution in [0.5, 0.6) is 0 Å². The second-order valence-corrected chi connectivity index (χ2v) is 5.17. The Bertz CT molecular complexity index is 448. The zero-order chi connectivity index (χ0) is 12.6. The van der Waals surface area contributed by atoms with Crippen molar-refractivity contribution < 1.29 is 9.53 Å². The van der Waals surface area contributed by atoms with Gasteiger partial charge in [-0.25, -0.2) is 4.79 Å². The third-order valence-corrected chi connectivity index (χ3v) is 4.09. The number of nitrogens with one attached hydrogen (secondary N) is 1. The first-order valence-corrected chi connectivity index (χ1v) is 6.35. The topological polar surface area (TPSA) is 41.6 Å². The molecule has 2 saturated heterocycles. The van der Waals surface area contributed by atoms with Crippen LogP contribution in [0.4, 0.5) is 0 Å². The van der Waals surface area contributed by atoms with E-state index in [2.05, 4.69) is 22.3 Å². The molecule has 2 heterocycles. The van der Waals surface area contributed by atoms with Gasteiger partial charge in [-0.2, -0.15) is 0 Å². The zero-order valence-electron chi connectivity index (χ0n) is 10.6. The largest absolute Gasteiger partial charge is 0.468 e. The van der Waals surface area contributed by atoms with Crippen LogP contribution in [0.1, 0.15) is 12.0 Å². The molecule has 18 heavy (non-hydrogen) atoms. The summed E-state index contributed by atoms with van der Waals surface area (Å²) in [5, 5.41) is 3.39. The second kappa shape index (κ2) is 4.37. The van der Waals surface area contributed by atoms with E-state index >= 15 is 0 Å². The number of fused-ring (bicyclic) bond motifs is 2. The van der Waals surface area contributed by atoms with Crippen LogP contribution in [0.25, 0.3) is 0 Å². The molecule has 2 aliphatic heterocycles. The number of methoxy groups -OCH3 is 1. The number of likely N-dealkylation sites (tertiary alicyclic amines) is 1. The summed E-state index contributed by atoms with van der Waals surface area (Å²) in [6.45, 7) is 2.44. The number of hydrogen-bond donors (Lipinski definition) is 1. The van der Waals surface area contributed by atoms with Crippen LogP contribution in [0, 0.1) is 0 Å². The quantitative estimate of drug-likeness (QED) is 0.800. The van der Waals surface area contributed by atoms with Gasteiger partial charge in [-0.3, -0.25) is 4.90 Å². The Labute approximate surface area is 107 Å². The molecule has 2 bridgehead atoms. The SMILES string of the molecule is COC(=O)C12CNC(CN1Cc1ccccc1)C2. The van der Waals surface area contributed by atoms with Gasteiger partial charge in [0.2, 0.25) is 0 Å². The van der Waals surface area contributed by atoms with Gasteiger partial charge in [0.05, 0.1) is 7.11 Å². The number of esters is 1. The van der Waals surface area contributed by atoms with Crippen LogP contribution in [0.3, 0.4) is 0 Å². The van der Waals surface area contributed by atoms with Crippen molar-refractivity contribution in [1.29, 1.82) is 0 Å². The molecule has 2 atom stereocenters. The van der Waals surface area contributed by atoms with E-state index in [1.807, 2.05) is 18.2 Å². The van der Waals surface area contributed by atoms with Gasteiger partial charge in [0.1, 0.15) is 5.54 Å². The summed E-state index contributed by atoms with van der Waals surface area (Å²) in [4.78, 5) is 14.3.